The predicted molar refractivity (Wildman–Crippen MR) is 221 cm³/mol. The van der Waals surface area contributed by atoms with Crippen molar-refractivity contribution in [2.45, 2.75) is 115 Å². The minimum atomic E-state index is -2.30. The molecule has 2 aromatic carbocycles. The van der Waals surface area contributed by atoms with E-state index in [1.165, 1.54) is 19.4 Å². The molecule has 9 nitrogen and oxygen atoms in total. The van der Waals surface area contributed by atoms with Crippen LogP contribution < -0.4 is 14.4 Å². The SMILES string of the molecule is COCOc1cc(-c2ncc3c(N4CCC[C@@](C)(O)C4)nc(OC[C@@]45CCCN4C[C@H](F)C5)nc3c2F)c2c(C#C[Si](C(C)C)(C(C)C)C(C)C)c(F)ccc2c1. The molecule has 306 valence electrons. The number of rotatable bonds is 11. The Bertz CT molecular complexity index is 2190. The van der Waals surface area contributed by atoms with Crippen LogP contribution in [0, 0.1) is 23.1 Å². The third-order valence-electron chi connectivity index (χ3n) is 12.8. The lowest BCUT2D eigenvalue weighted by atomic mass is 9.94. The molecule has 0 saturated carbocycles. The molecule has 0 spiro atoms. The molecular formula is C44H56F3N5O4Si. The Labute approximate surface area is 335 Å². The predicted octanol–water partition coefficient (Wildman–Crippen LogP) is 8.98. The van der Waals surface area contributed by atoms with Crippen molar-refractivity contribution in [2.75, 3.05) is 51.6 Å². The van der Waals surface area contributed by atoms with E-state index >= 15 is 8.78 Å². The maximum absolute atomic E-state index is 17.6. The number of piperidine rings is 1. The van der Waals surface area contributed by atoms with Gasteiger partial charge in [0.05, 0.1) is 22.1 Å². The molecular weight excluding hydrogens is 748 g/mol. The van der Waals surface area contributed by atoms with E-state index in [4.69, 9.17) is 24.2 Å². The minimum Gasteiger partial charge on any atom is -0.468 e. The molecule has 4 aromatic rings. The van der Waals surface area contributed by atoms with Gasteiger partial charge >= 0.3 is 6.01 Å². The first kappa shape index (κ1) is 41.2. The summed E-state index contributed by atoms with van der Waals surface area (Å²) in [7, 11) is -0.790. The van der Waals surface area contributed by atoms with Gasteiger partial charge in [0.1, 0.15) is 49.4 Å². The molecule has 0 unspecified atom stereocenters. The van der Waals surface area contributed by atoms with Gasteiger partial charge in [0.15, 0.2) is 12.6 Å². The fourth-order valence-electron chi connectivity index (χ4n) is 10.1. The lowest BCUT2D eigenvalue weighted by molar-refractivity contribution is 0.0447. The van der Waals surface area contributed by atoms with Gasteiger partial charge in [0.25, 0.3) is 0 Å². The smallest absolute Gasteiger partial charge is 0.319 e. The van der Waals surface area contributed by atoms with Gasteiger partial charge < -0.3 is 24.2 Å². The highest BCUT2D eigenvalue weighted by atomic mass is 28.3. The fraction of sp³-hybridized carbons (Fsp3) is 0.568. The van der Waals surface area contributed by atoms with Crippen molar-refractivity contribution in [3.05, 3.63) is 47.7 Å². The monoisotopic (exact) mass is 803 g/mol. The summed E-state index contributed by atoms with van der Waals surface area (Å²) in [5, 5.41) is 12.4. The second-order valence-electron chi connectivity index (χ2n) is 17.6. The number of pyridine rings is 1. The average molecular weight is 804 g/mol. The molecule has 1 N–H and O–H groups in total. The summed E-state index contributed by atoms with van der Waals surface area (Å²) >= 11 is 0. The van der Waals surface area contributed by atoms with E-state index in [0.29, 0.717) is 76.7 Å². The highest BCUT2D eigenvalue weighted by Crippen LogP contribution is 2.44. The zero-order valence-corrected chi connectivity index (χ0v) is 35.5. The number of methoxy groups -OCH3 is 1. The van der Waals surface area contributed by atoms with Crippen LogP contribution in [0.4, 0.5) is 19.0 Å². The lowest BCUT2D eigenvalue weighted by Crippen LogP contribution is -2.46. The first-order valence-electron chi connectivity index (χ1n) is 20.4. The maximum atomic E-state index is 17.6. The standard InChI is InChI=1S/C44H56F3N5O4Si/c1-27(2)57(28(3)4,29(5)6)18-13-33-36(46)12-11-30-19-32(56-26-54-8)20-34(37(30)33)39-38(47)40-35(22-48-39)41(51-16-9-14-43(7,53)24-51)50-42(49-40)55-25-44-15-10-17-52(44)23-31(45)21-44/h11-12,19-20,22,27-29,31,53H,9-10,14-17,21,23-26H2,1-8H3/t31-,43-,44+/m1/s1. The number of hydrogen-bond donors (Lipinski definition) is 1. The number of β-amino-alcohol motifs (C(OH)–C–C–N with tert-alkyl or cyclic N) is 1. The maximum Gasteiger partial charge on any atom is 0.319 e. The van der Waals surface area contributed by atoms with Gasteiger partial charge in [-0.05, 0) is 79.4 Å². The summed E-state index contributed by atoms with van der Waals surface area (Å²) in [5.41, 5.74) is 3.49. The molecule has 7 rings (SSSR count). The first-order chi connectivity index (χ1) is 27.1. The summed E-state index contributed by atoms with van der Waals surface area (Å²) in [6.45, 7) is 17.1. The van der Waals surface area contributed by atoms with Gasteiger partial charge in [-0.15, -0.1) is 5.54 Å². The number of ether oxygens (including phenoxy) is 3. The molecule has 3 saturated heterocycles. The van der Waals surface area contributed by atoms with Crippen molar-refractivity contribution >= 4 is 35.6 Å². The quantitative estimate of drug-likeness (QED) is 0.0907. The molecule has 5 heterocycles. The molecule has 3 fully saturated rings. The van der Waals surface area contributed by atoms with Crippen molar-refractivity contribution in [2.24, 2.45) is 0 Å². The number of benzene rings is 2. The van der Waals surface area contributed by atoms with E-state index < -0.39 is 37.0 Å². The van der Waals surface area contributed by atoms with E-state index in [1.54, 1.807) is 25.1 Å². The Balaban J connectivity index is 1.43. The number of nitrogens with zero attached hydrogens (tertiary/aromatic N) is 5. The second-order valence-corrected chi connectivity index (χ2v) is 23.2. The Morgan fingerprint density at radius 1 is 1.00 bits per heavy atom. The van der Waals surface area contributed by atoms with E-state index in [0.717, 1.165) is 19.4 Å². The number of aliphatic hydroxyl groups is 1. The van der Waals surface area contributed by atoms with Crippen LogP contribution in [-0.4, -0.2) is 97.0 Å². The van der Waals surface area contributed by atoms with Gasteiger partial charge in [0.2, 0.25) is 0 Å². The Morgan fingerprint density at radius 2 is 1.74 bits per heavy atom. The molecule has 3 aliphatic heterocycles. The highest BCUT2D eigenvalue weighted by Gasteiger charge is 2.49. The van der Waals surface area contributed by atoms with Crippen molar-refractivity contribution in [3.63, 3.8) is 0 Å². The molecule has 2 aromatic heterocycles. The summed E-state index contributed by atoms with van der Waals surface area (Å²) in [6, 6.07) is 6.40. The Kier molecular flexibility index (Phi) is 11.6. The molecule has 57 heavy (non-hydrogen) atoms. The van der Waals surface area contributed by atoms with Crippen molar-refractivity contribution in [1.29, 1.82) is 0 Å². The molecule has 0 amide bonds. The largest absolute Gasteiger partial charge is 0.468 e. The van der Waals surface area contributed by atoms with Gasteiger partial charge in [-0.2, -0.15) is 9.97 Å². The number of fused-ring (bicyclic) bond motifs is 3. The van der Waals surface area contributed by atoms with Crippen LogP contribution in [0.15, 0.2) is 30.5 Å². The first-order valence-corrected chi connectivity index (χ1v) is 22.6. The van der Waals surface area contributed by atoms with Gasteiger partial charge in [-0.25, -0.2) is 13.2 Å². The molecule has 0 bridgehead atoms. The number of aromatic nitrogens is 3. The summed E-state index contributed by atoms with van der Waals surface area (Å²) in [5.74, 6) is 2.83. The summed E-state index contributed by atoms with van der Waals surface area (Å²) in [6.07, 6.45) is 3.99. The molecule has 0 aliphatic carbocycles. The Morgan fingerprint density at radius 3 is 2.44 bits per heavy atom. The molecule has 0 radical (unpaired) electrons. The minimum absolute atomic E-state index is 0.0352. The summed E-state index contributed by atoms with van der Waals surface area (Å²) < 4.78 is 65.8. The number of halogens is 3. The van der Waals surface area contributed by atoms with E-state index in [2.05, 4.69) is 62.9 Å². The van der Waals surface area contributed by atoms with Crippen LogP contribution in [0.5, 0.6) is 11.8 Å². The topological polar surface area (TPSA) is 93.1 Å². The van der Waals surface area contributed by atoms with Crippen molar-refractivity contribution in [1.82, 2.24) is 19.9 Å². The third-order valence-corrected chi connectivity index (χ3v) is 19.0. The molecule has 3 aliphatic rings. The van der Waals surface area contributed by atoms with Crippen LogP contribution in [0.3, 0.4) is 0 Å². The van der Waals surface area contributed by atoms with Crippen LogP contribution in [0.1, 0.15) is 86.1 Å². The van der Waals surface area contributed by atoms with Crippen molar-refractivity contribution < 1.29 is 32.5 Å². The molecule has 3 atom stereocenters. The van der Waals surface area contributed by atoms with Crippen molar-refractivity contribution in [3.8, 4) is 34.5 Å². The second kappa shape index (κ2) is 16.0. The van der Waals surface area contributed by atoms with Gasteiger partial charge in [0, 0.05) is 50.3 Å². The summed E-state index contributed by atoms with van der Waals surface area (Å²) in [4.78, 5) is 18.2. The van der Waals surface area contributed by atoms with Crippen LogP contribution in [0.2, 0.25) is 16.6 Å². The van der Waals surface area contributed by atoms with E-state index in [-0.39, 0.29) is 48.3 Å². The van der Waals surface area contributed by atoms with Crippen LogP contribution in [0.25, 0.3) is 32.9 Å². The van der Waals surface area contributed by atoms with Gasteiger partial charge in [-0.3, -0.25) is 9.88 Å². The van der Waals surface area contributed by atoms with E-state index in [1.807, 2.05) is 4.90 Å². The normalized spacial score (nSPS) is 22.9. The zero-order valence-electron chi connectivity index (χ0n) is 34.5. The number of alkyl halides is 1. The zero-order chi connectivity index (χ0) is 40.9. The number of anilines is 1. The third kappa shape index (κ3) is 7.70. The van der Waals surface area contributed by atoms with Crippen LogP contribution in [-0.2, 0) is 4.74 Å². The number of hydrogen-bond acceptors (Lipinski definition) is 9. The lowest BCUT2D eigenvalue weighted by Gasteiger charge is -2.38. The molecule has 13 heteroatoms. The Hall–Kier alpha value is -3.96. The highest BCUT2D eigenvalue weighted by molar-refractivity contribution is 6.90. The van der Waals surface area contributed by atoms with Gasteiger partial charge in [-0.1, -0.05) is 53.5 Å². The average Bonchev–Trinajstić information content (AvgIpc) is 3.68. The fourth-order valence-corrected chi connectivity index (χ4v) is 15.3. The van der Waals surface area contributed by atoms with E-state index in [9.17, 15) is 9.50 Å². The van der Waals surface area contributed by atoms with Crippen LogP contribution >= 0.6 is 0 Å².